The molecule has 0 saturated carbocycles. The number of likely N-dealkylation sites (N-methyl/N-ethyl adjacent to an activating group) is 1. The fraction of sp³-hybridized carbons (Fsp3) is 0.261. The molecule has 2 aromatic carbocycles. The van der Waals surface area contributed by atoms with Crippen molar-refractivity contribution in [3.05, 3.63) is 65.2 Å². The van der Waals surface area contributed by atoms with Gasteiger partial charge in [-0.25, -0.2) is 4.98 Å². The highest BCUT2D eigenvalue weighted by molar-refractivity contribution is 6.07. The van der Waals surface area contributed by atoms with Crippen LogP contribution in [0.25, 0.3) is 22.2 Å². The lowest BCUT2D eigenvalue weighted by Crippen LogP contribution is -2.33. The Morgan fingerprint density at radius 2 is 1.82 bits per heavy atom. The molecule has 3 rings (SSSR count). The molecule has 0 N–H and O–H groups in total. The third-order valence-electron chi connectivity index (χ3n) is 4.62. The lowest BCUT2D eigenvalue weighted by molar-refractivity contribution is -0.143. The smallest absolute Gasteiger partial charge is 0.325 e. The van der Waals surface area contributed by atoms with Crippen molar-refractivity contribution in [2.45, 2.75) is 20.8 Å². The normalized spacial score (nSPS) is 10.7. The summed E-state index contributed by atoms with van der Waals surface area (Å²) in [6.07, 6.45) is 0. The molecule has 0 radical (unpaired) electrons. The number of carbonyl (C=O) groups excluding carboxylic acids is 2. The summed E-state index contributed by atoms with van der Waals surface area (Å²) in [5.41, 5.74) is 5.26. The van der Waals surface area contributed by atoms with E-state index in [-0.39, 0.29) is 19.1 Å². The molecule has 5 heteroatoms. The Labute approximate surface area is 165 Å². The van der Waals surface area contributed by atoms with E-state index >= 15 is 0 Å². The van der Waals surface area contributed by atoms with Crippen LogP contribution < -0.4 is 0 Å². The number of ether oxygens (including phenoxy) is 1. The number of benzene rings is 2. The molecule has 0 aliphatic heterocycles. The molecule has 5 nitrogen and oxygen atoms in total. The maximum Gasteiger partial charge on any atom is 0.325 e. The maximum atomic E-state index is 13.1. The summed E-state index contributed by atoms with van der Waals surface area (Å²) in [4.78, 5) is 31.0. The number of nitrogens with zero attached hydrogens (tertiary/aromatic N) is 2. The Morgan fingerprint density at radius 1 is 1.07 bits per heavy atom. The molecule has 0 unspecified atom stereocenters. The van der Waals surface area contributed by atoms with Crippen LogP contribution >= 0.6 is 0 Å². The van der Waals surface area contributed by atoms with Crippen molar-refractivity contribution in [1.29, 1.82) is 0 Å². The monoisotopic (exact) mass is 376 g/mol. The van der Waals surface area contributed by atoms with Crippen LogP contribution in [0.3, 0.4) is 0 Å². The standard InChI is InChI=1S/C23H24N2O3/c1-5-28-22(26)14-25(4)23(27)19-13-21(17-11-10-15(2)12-16(17)3)24-20-9-7-6-8-18(19)20/h6-13H,5,14H2,1-4H3. The molecule has 0 aliphatic carbocycles. The van der Waals surface area contributed by atoms with E-state index in [9.17, 15) is 9.59 Å². The Hall–Kier alpha value is -3.21. The van der Waals surface area contributed by atoms with Gasteiger partial charge in [0.25, 0.3) is 5.91 Å². The number of amides is 1. The number of para-hydroxylation sites is 1. The number of rotatable bonds is 5. The number of hydrogen-bond donors (Lipinski definition) is 0. The number of carbonyl (C=O) groups is 2. The van der Waals surface area contributed by atoms with E-state index in [4.69, 9.17) is 9.72 Å². The SMILES string of the molecule is CCOC(=O)CN(C)C(=O)c1cc(-c2ccc(C)cc2C)nc2ccccc12. The van der Waals surface area contributed by atoms with Crippen molar-refractivity contribution in [1.82, 2.24) is 9.88 Å². The third kappa shape index (κ3) is 4.03. The molecule has 1 heterocycles. The van der Waals surface area contributed by atoms with Crippen molar-refractivity contribution in [2.24, 2.45) is 0 Å². The molecule has 0 saturated heterocycles. The summed E-state index contributed by atoms with van der Waals surface area (Å²) in [5, 5.41) is 0.761. The van der Waals surface area contributed by atoms with Gasteiger partial charge in [0.1, 0.15) is 6.54 Å². The van der Waals surface area contributed by atoms with Crippen LogP contribution in [0, 0.1) is 13.8 Å². The molecule has 1 aromatic heterocycles. The van der Waals surface area contributed by atoms with Gasteiger partial charge in [-0.05, 0) is 38.5 Å². The van der Waals surface area contributed by atoms with Crippen LogP contribution in [-0.2, 0) is 9.53 Å². The van der Waals surface area contributed by atoms with Crippen LogP contribution in [0.2, 0.25) is 0 Å². The Balaban J connectivity index is 2.08. The lowest BCUT2D eigenvalue weighted by Gasteiger charge is -2.18. The number of aromatic nitrogens is 1. The molecule has 0 bridgehead atoms. The fourth-order valence-electron chi connectivity index (χ4n) is 3.27. The zero-order valence-corrected chi connectivity index (χ0v) is 16.7. The molecule has 28 heavy (non-hydrogen) atoms. The lowest BCUT2D eigenvalue weighted by atomic mass is 9.99. The van der Waals surface area contributed by atoms with E-state index in [0.29, 0.717) is 5.56 Å². The van der Waals surface area contributed by atoms with Gasteiger partial charge in [0, 0.05) is 18.0 Å². The first kappa shape index (κ1) is 19.5. The predicted molar refractivity (Wildman–Crippen MR) is 110 cm³/mol. The minimum absolute atomic E-state index is 0.0950. The largest absolute Gasteiger partial charge is 0.465 e. The summed E-state index contributed by atoms with van der Waals surface area (Å²) in [6.45, 7) is 6.02. The first-order chi connectivity index (χ1) is 13.4. The van der Waals surface area contributed by atoms with Crippen molar-refractivity contribution in [3.63, 3.8) is 0 Å². The quantitative estimate of drug-likeness (QED) is 0.628. The van der Waals surface area contributed by atoms with Gasteiger partial charge >= 0.3 is 5.97 Å². The highest BCUT2D eigenvalue weighted by Gasteiger charge is 2.20. The zero-order valence-electron chi connectivity index (χ0n) is 16.7. The van der Waals surface area contributed by atoms with E-state index in [1.165, 1.54) is 10.5 Å². The van der Waals surface area contributed by atoms with E-state index in [0.717, 1.165) is 27.7 Å². The van der Waals surface area contributed by atoms with Gasteiger partial charge < -0.3 is 9.64 Å². The van der Waals surface area contributed by atoms with Crippen LogP contribution in [0.5, 0.6) is 0 Å². The average molecular weight is 376 g/mol. The highest BCUT2D eigenvalue weighted by Crippen LogP contribution is 2.28. The molecular formula is C23H24N2O3. The summed E-state index contributed by atoms with van der Waals surface area (Å²) in [5.74, 6) is -0.663. The van der Waals surface area contributed by atoms with Gasteiger partial charge in [-0.3, -0.25) is 9.59 Å². The third-order valence-corrected chi connectivity index (χ3v) is 4.62. The summed E-state index contributed by atoms with van der Waals surface area (Å²) in [6, 6.07) is 15.5. The number of esters is 1. The second-order valence-corrected chi connectivity index (χ2v) is 6.86. The van der Waals surface area contributed by atoms with Crippen LogP contribution in [0.15, 0.2) is 48.5 Å². The summed E-state index contributed by atoms with van der Waals surface area (Å²) < 4.78 is 4.96. The van der Waals surface area contributed by atoms with E-state index < -0.39 is 5.97 Å². The second kappa shape index (κ2) is 8.21. The number of pyridine rings is 1. The van der Waals surface area contributed by atoms with Crippen molar-refractivity contribution >= 4 is 22.8 Å². The van der Waals surface area contributed by atoms with Crippen LogP contribution in [0.1, 0.15) is 28.4 Å². The molecule has 144 valence electrons. The van der Waals surface area contributed by atoms with Gasteiger partial charge in [-0.2, -0.15) is 0 Å². The maximum absolute atomic E-state index is 13.1. The summed E-state index contributed by atoms with van der Waals surface area (Å²) >= 11 is 0. The first-order valence-corrected chi connectivity index (χ1v) is 9.29. The Morgan fingerprint density at radius 3 is 2.54 bits per heavy atom. The minimum atomic E-state index is -0.425. The van der Waals surface area contributed by atoms with E-state index in [1.54, 1.807) is 14.0 Å². The number of hydrogen-bond acceptors (Lipinski definition) is 4. The topological polar surface area (TPSA) is 59.5 Å². The fourth-order valence-corrected chi connectivity index (χ4v) is 3.27. The molecule has 1 amide bonds. The van der Waals surface area contributed by atoms with E-state index in [2.05, 4.69) is 6.07 Å². The molecule has 0 aliphatic rings. The minimum Gasteiger partial charge on any atom is -0.465 e. The highest BCUT2D eigenvalue weighted by atomic mass is 16.5. The number of fused-ring (bicyclic) bond motifs is 1. The van der Waals surface area contributed by atoms with Gasteiger partial charge in [0.15, 0.2) is 0 Å². The van der Waals surface area contributed by atoms with Gasteiger partial charge in [0.2, 0.25) is 0 Å². The Kier molecular flexibility index (Phi) is 5.73. The van der Waals surface area contributed by atoms with E-state index in [1.807, 2.05) is 56.3 Å². The number of aryl methyl sites for hydroxylation is 2. The molecule has 0 fully saturated rings. The van der Waals surface area contributed by atoms with Crippen LogP contribution in [0.4, 0.5) is 0 Å². The second-order valence-electron chi connectivity index (χ2n) is 6.86. The Bertz CT molecular complexity index is 1040. The van der Waals surface area contributed by atoms with Crippen molar-refractivity contribution in [2.75, 3.05) is 20.2 Å². The zero-order chi connectivity index (χ0) is 20.3. The summed E-state index contributed by atoms with van der Waals surface area (Å²) in [7, 11) is 1.60. The average Bonchev–Trinajstić information content (AvgIpc) is 2.66. The van der Waals surface area contributed by atoms with Gasteiger partial charge in [-0.1, -0.05) is 42.0 Å². The first-order valence-electron chi connectivity index (χ1n) is 9.29. The molecule has 0 spiro atoms. The molecule has 0 atom stereocenters. The predicted octanol–water partition coefficient (Wildman–Crippen LogP) is 4.15. The van der Waals surface area contributed by atoms with Crippen LogP contribution in [-0.4, -0.2) is 42.0 Å². The van der Waals surface area contributed by atoms with Gasteiger partial charge in [-0.15, -0.1) is 0 Å². The van der Waals surface area contributed by atoms with Gasteiger partial charge in [0.05, 0.1) is 23.4 Å². The molecule has 3 aromatic rings. The molecular weight excluding hydrogens is 352 g/mol. The van der Waals surface area contributed by atoms with Crippen molar-refractivity contribution < 1.29 is 14.3 Å². The van der Waals surface area contributed by atoms with Crippen molar-refractivity contribution in [3.8, 4) is 11.3 Å².